The Kier molecular flexibility index (Phi) is 26.2. The quantitative estimate of drug-likeness (QED) is 0.114. The average molecular weight is 419 g/mol. The maximum Gasteiger partial charge on any atom is 0.00887 e. The lowest BCUT2D eigenvalue weighted by Gasteiger charge is -2.09. The largest absolute Gasteiger partial charge is 0.103 e. The molecule has 30 heavy (non-hydrogen) atoms. The van der Waals surface area contributed by atoms with Gasteiger partial charge in [0, 0.05) is 12.8 Å². The molecule has 0 rings (SSSR count). The van der Waals surface area contributed by atoms with Gasteiger partial charge in [-0.2, -0.15) is 0 Å². The topological polar surface area (TPSA) is 0 Å². The molecule has 1 atom stereocenters. The van der Waals surface area contributed by atoms with E-state index in [1.165, 1.54) is 141 Å². The molecule has 0 fully saturated rings. The molecule has 0 bridgehead atoms. The number of hydrogen-bond acceptors (Lipinski definition) is 0. The second kappa shape index (κ2) is 26.6. The summed E-state index contributed by atoms with van der Waals surface area (Å²) in [5, 5.41) is 0. The molecule has 0 aliphatic carbocycles. The zero-order valence-electron chi connectivity index (χ0n) is 21.5. The van der Waals surface area contributed by atoms with Crippen molar-refractivity contribution < 1.29 is 0 Å². The third kappa shape index (κ3) is 25.6. The molecule has 0 aliphatic heterocycles. The molecule has 0 N–H and O–H groups in total. The molecule has 178 valence electrons. The van der Waals surface area contributed by atoms with Crippen LogP contribution in [0.3, 0.4) is 0 Å². The summed E-state index contributed by atoms with van der Waals surface area (Å²) in [5.74, 6) is 7.72. The summed E-state index contributed by atoms with van der Waals surface area (Å²) in [4.78, 5) is 0. The standard InChI is InChI=1S/C30H58/c1-4-6-8-9-10-11-12-13-14-15-16-17-18-19-20-21-22-23-24-25-27-29-30(3)28-26-7-5-2/h30H,4-22,25-29H2,1-3H3. The van der Waals surface area contributed by atoms with Gasteiger partial charge >= 0.3 is 0 Å². The lowest BCUT2D eigenvalue weighted by Crippen LogP contribution is -1.94. The van der Waals surface area contributed by atoms with Crippen LogP contribution < -0.4 is 0 Å². The van der Waals surface area contributed by atoms with Crippen molar-refractivity contribution in [3.8, 4) is 11.8 Å². The van der Waals surface area contributed by atoms with E-state index in [2.05, 4.69) is 32.6 Å². The molecule has 0 aromatic rings. The van der Waals surface area contributed by atoms with Crippen LogP contribution in [0.2, 0.25) is 0 Å². The van der Waals surface area contributed by atoms with Gasteiger partial charge in [-0.3, -0.25) is 0 Å². The molecule has 0 heteroatoms. The molecule has 0 aliphatic rings. The van der Waals surface area contributed by atoms with Crippen LogP contribution in [0.15, 0.2) is 0 Å². The molecule has 0 saturated carbocycles. The highest BCUT2D eigenvalue weighted by Gasteiger charge is 2.00. The first-order valence-corrected chi connectivity index (χ1v) is 14.3. The molecule has 0 aromatic heterocycles. The predicted molar refractivity (Wildman–Crippen MR) is 139 cm³/mol. The molecular formula is C30H58. The van der Waals surface area contributed by atoms with Gasteiger partial charge in [-0.25, -0.2) is 0 Å². The fourth-order valence-corrected chi connectivity index (χ4v) is 4.36. The zero-order valence-corrected chi connectivity index (χ0v) is 21.5. The van der Waals surface area contributed by atoms with Crippen molar-refractivity contribution in [1.29, 1.82) is 0 Å². The summed E-state index contributed by atoms with van der Waals surface area (Å²) < 4.78 is 0. The van der Waals surface area contributed by atoms with E-state index in [4.69, 9.17) is 0 Å². The van der Waals surface area contributed by atoms with Gasteiger partial charge in [0.15, 0.2) is 0 Å². The Hall–Kier alpha value is -0.440. The SMILES string of the molecule is CCCCCCCCCCCCCCCCCCC#CCCCC(C)CCCCC. The van der Waals surface area contributed by atoms with Gasteiger partial charge in [0.05, 0.1) is 0 Å². The van der Waals surface area contributed by atoms with Crippen LogP contribution in [0.4, 0.5) is 0 Å². The zero-order chi connectivity index (χ0) is 22.0. The van der Waals surface area contributed by atoms with E-state index in [0.717, 1.165) is 18.8 Å². The van der Waals surface area contributed by atoms with Crippen molar-refractivity contribution in [2.75, 3.05) is 0 Å². The maximum absolute atomic E-state index is 3.41. The van der Waals surface area contributed by atoms with Gasteiger partial charge < -0.3 is 0 Å². The van der Waals surface area contributed by atoms with E-state index in [-0.39, 0.29) is 0 Å². The molecule has 0 heterocycles. The lowest BCUT2D eigenvalue weighted by atomic mass is 9.97. The number of hydrogen-bond donors (Lipinski definition) is 0. The Labute approximate surface area is 192 Å². The first-order valence-electron chi connectivity index (χ1n) is 14.3. The van der Waals surface area contributed by atoms with Crippen LogP contribution in [0.5, 0.6) is 0 Å². The van der Waals surface area contributed by atoms with Crippen molar-refractivity contribution in [1.82, 2.24) is 0 Å². The summed E-state index contributed by atoms with van der Waals surface area (Å²) in [7, 11) is 0. The van der Waals surface area contributed by atoms with Crippen LogP contribution in [0.25, 0.3) is 0 Å². The molecule has 0 radical (unpaired) electrons. The van der Waals surface area contributed by atoms with E-state index < -0.39 is 0 Å². The molecular weight excluding hydrogens is 360 g/mol. The number of unbranched alkanes of at least 4 members (excludes halogenated alkanes) is 19. The Morgan fingerprint density at radius 2 is 0.733 bits per heavy atom. The summed E-state index contributed by atoms with van der Waals surface area (Å²) in [5.41, 5.74) is 0. The Morgan fingerprint density at radius 1 is 0.400 bits per heavy atom. The first-order chi connectivity index (χ1) is 14.8. The highest BCUT2D eigenvalue weighted by atomic mass is 14.1. The molecule has 0 amide bonds. The minimum absolute atomic E-state index is 0.902. The van der Waals surface area contributed by atoms with Crippen LogP contribution in [0.1, 0.15) is 175 Å². The van der Waals surface area contributed by atoms with Gasteiger partial charge in [0.25, 0.3) is 0 Å². The van der Waals surface area contributed by atoms with Crippen LogP contribution in [-0.2, 0) is 0 Å². The second-order valence-electron chi connectivity index (χ2n) is 9.90. The van der Waals surface area contributed by atoms with Crippen LogP contribution >= 0.6 is 0 Å². The van der Waals surface area contributed by atoms with E-state index in [0.29, 0.717) is 0 Å². The molecule has 0 spiro atoms. The first kappa shape index (κ1) is 29.6. The van der Waals surface area contributed by atoms with E-state index in [9.17, 15) is 0 Å². The van der Waals surface area contributed by atoms with Crippen molar-refractivity contribution in [2.45, 2.75) is 175 Å². The minimum Gasteiger partial charge on any atom is -0.103 e. The average Bonchev–Trinajstić information content (AvgIpc) is 2.75. The van der Waals surface area contributed by atoms with Crippen molar-refractivity contribution in [3.63, 3.8) is 0 Å². The lowest BCUT2D eigenvalue weighted by molar-refractivity contribution is 0.453. The van der Waals surface area contributed by atoms with E-state index in [1.807, 2.05) is 0 Å². The highest BCUT2D eigenvalue weighted by molar-refractivity contribution is 4.98. The Balaban J connectivity index is 3.15. The Bertz CT molecular complexity index is 358. The van der Waals surface area contributed by atoms with Gasteiger partial charge in [0.1, 0.15) is 0 Å². The van der Waals surface area contributed by atoms with Gasteiger partial charge in [-0.15, -0.1) is 11.8 Å². The van der Waals surface area contributed by atoms with Gasteiger partial charge in [-0.1, -0.05) is 143 Å². The summed E-state index contributed by atoms with van der Waals surface area (Å²) >= 11 is 0. The molecule has 0 aromatic carbocycles. The monoisotopic (exact) mass is 418 g/mol. The van der Waals surface area contributed by atoms with E-state index in [1.54, 1.807) is 0 Å². The smallest absolute Gasteiger partial charge is 0.00887 e. The van der Waals surface area contributed by atoms with Gasteiger partial charge in [-0.05, 0) is 25.2 Å². The number of rotatable bonds is 23. The van der Waals surface area contributed by atoms with Crippen LogP contribution in [-0.4, -0.2) is 0 Å². The van der Waals surface area contributed by atoms with Crippen molar-refractivity contribution >= 4 is 0 Å². The third-order valence-corrected chi connectivity index (χ3v) is 6.58. The van der Waals surface area contributed by atoms with E-state index >= 15 is 0 Å². The fourth-order valence-electron chi connectivity index (χ4n) is 4.36. The van der Waals surface area contributed by atoms with Crippen LogP contribution in [0, 0.1) is 17.8 Å². The summed E-state index contributed by atoms with van der Waals surface area (Å²) in [6, 6.07) is 0. The third-order valence-electron chi connectivity index (χ3n) is 6.58. The van der Waals surface area contributed by atoms with Crippen molar-refractivity contribution in [2.24, 2.45) is 5.92 Å². The molecule has 1 unspecified atom stereocenters. The van der Waals surface area contributed by atoms with Gasteiger partial charge in [0.2, 0.25) is 0 Å². The fraction of sp³-hybridized carbons (Fsp3) is 0.933. The summed E-state index contributed by atoms with van der Waals surface area (Å²) in [6.07, 6.45) is 33.6. The minimum atomic E-state index is 0.902. The normalized spacial score (nSPS) is 12.0. The molecule has 0 nitrogen and oxygen atoms in total. The van der Waals surface area contributed by atoms with Crippen molar-refractivity contribution in [3.05, 3.63) is 0 Å². The Morgan fingerprint density at radius 3 is 1.20 bits per heavy atom. The highest BCUT2D eigenvalue weighted by Crippen LogP contribution is 2.16. The maximum atomic E-state index is 3.41. The second-order valence-corrected chi connectivity index (χ2v) is 9.90. The predicted octanol–water partition coefficient (Wildman–Crippen LogP) is 11.0. The summed E-state index contributed by atoms with van der Waals surface area (Å²) in [6.45, 7) is 7.01. The molecule has 0 saturated heterocycles.